The normalized spacial score (nSPS) is 12.9. The van der Waals surface area contributed by atoms with Crippen molar-refractivity contribution in [2.75, 3.05) is 51.8 Å². The van der Waals surface area contributed by atoms with Crippen LogP contribution in [0.2, 0.25) is 0 Å². The molecule has 0 fully saturated rings. The molecule has 0 radical (unpaired) electrons. The van der Waals surface area contributed by atoms with Crippen molar-refractivity contribution < 1.29 is 11.9 Å². The van der Waals surface area contributed by atoms with Gasteiger partial charge in [-0.3, -0.25) is 11.9 Å². The minimum Gasteiger partial charge on any atom is -0.262 e. The van der Waals surface area contributed by atoms with Crippen LogP contribution in [0.15, 0.2) is 0 Å². The van der Waals surface area contributed by atoms with E-state index >= 15 is 0 Å². The molecular weight excluding hydrogens is 1260 g/mol. The zero-order valence-corrected chi connectivity index (χ0v) is 72.5. The smallest absolute Gasteiger partial charge is 0.262 e. The molecule has 7 heteroatoms. The number of hydrogen-bond acceptors (Lipinski definition) is 3. The topological polar surface area (TPSA) is 27.7 Å². The van der Waals surface area contributed by atoms with Gasteiger partial charge in [0.1, 0.15) is 0 Å². The van der Waals surface area contributed by atoms with E-state index in [1.165, 1.54) is 514 Å². The zero-order chi connectivity index (χ0) is 70.5. The highest BCUT2D eigenvalue weighted by molar-refractivity contribution is 8.35. The fraction of sp³-hybridized carbons (Fsp3) is 1.00. The lowest BCUT2D eigenvalue weighted by molar-refractivity contribution is 0.434. The van der Waals surface area contributed by atoms with Crippen molar-refractivity contribution >= 4 is 39.5 Å². The zero-order valence-electron chi connectivity index (χ0n) is 69.2. The predicted molar refractivity (Wildman–Crippen MR) is 460 cm³/mol. The van der Waals surface area contributed by atoms with Crippen molar-refractivity contribution in [3.8, 4) is 0 Å². The van der Waals surface area contributed by atoms with E-state index in [-0.39, 0.29) is 0 Å². The molecule has 0 aromatic rings. The summed E-state index contributed by atoms with van der Waals surface area (Å²) in [7, 11) is -5.97. The SMILES string of the molecule is CCCCCCCCCCS(CCCCCCCCCC)(CCCCCCCCCC)OP(OS(CCCCCCCCCC)(CCCCCCCCCC)CCCCCCCCCC)OS(CCCCCCCCCC)(CCCCCCCCCC)CCCCCCCCCC. The molecule has 0 saturated carbocycles. The highest BCUT2D eigenvalue weighted by Gasteiger charge is 2.40. The van der Waals surface area contributed by atoms with Gasteiger partial charge in [0, 0.05) is 0 Å². The molecule has 0 bridgehead atoms. The molecule has 0 saturated heterocycles. The summed E-state index contributed by atoms with van der Waals surface area (Å²) in [6, 6.07) is 0. The Morgan fingerprint density at radius 3 is 0.299 bits per heavy atom. The summed E-state index contributed by atoms with van der Waals surface area (Å²) in [5, 5.41) is 0. The molecular formula is C90H189O3PS3. The molecule has 3 nitrogen and oxygen atoms in total. The number of hydrogen-bond donors (Lipinski definition) is 0. The monoisotopic (exact) mass is 1450 g/mol. The number of unbranched alkanes of at least 4 members (excludes halogenated alkanes) is 63. The van der Waals surface area contributed by atoms with Crippen LogP contribution in [0.1, 0.15) is 525 Å². The standard InChI is InChI=1S/C90H189O3PS3/c1-10-19-28-37-46-55-64-73-82-95(83-74-65-56-47-38-29-20-11-2,84-75-66-57-48-39-30-21-12-3)91-94(92-96(85-76-67-58-49-40-31-22-13-4,86-77-68-59-50-41-32-23-14-5)87-78-69-60-51-42-33-24-15-6)93-97(88-79-70-61-52-43-34-25-16-7,89-80-71-62-53-44-35-26-17-8)90-81-72-63-54-45-36-27-18-9/h10-90H2,1-9H3. The fourth-order valence-corrected chi connectivity index (χ4v) is 30.3. The first-order chi connectivity index (χ1) is 47.8. The second kappa shape index (κ2) is 79.9. The maximum Gasteiger partial charge on any atom is 0.364 e. The van der Waals surface area contributed by atoms with E-state index in [0.717, 1.165) is 0 Å². The minimum absolute atomic E-state index is 1.30. The van der Waals surface area contributed by atoms with Gasteiger partial charge in [0.05, 0.1) is 0 Å². The molecule has 0 aromatic carbocycles. The van der Waals surface area contributed by atoms with Crippen LogP contribution >= 0.6 is 39.5 Å². The second-order valence-electron chi connectivity index (χ2n) is 32.0. The third-order valence-corrected chi connectivity index (χ3v) is 36.5. The lowest BCUT2D eigenvalue weighted by Gasteiger charge is -2.49. The maximum absolute atomic E-state index is 8.77. The van der Waals surface area contributed by atoms with Gasteiger partial charge in [-0.25, -0.2) is 0 Å². The molecule has 0 aliphatic rings. The van der Waals surface area contributed by atoms with Gasteiger partial charge >= 0.3 is 8.60 Å². The Labute approximate surface area is 623 Å². The third-order valence-electron chi connectivity index (χ3n) is 22.0. The quantitative estimate of drug-likeness (QED) is 0.0449. The maximum atomic E-state index is 8.77. The Bertz CT molecular complexity index is 1130. The predicted octanol–water partition coefficient (Wildman–Crippen LogP) is 35.7. The van der Waals surface area contributed by atoms with Gasteiger partial charge in [0.25, 0.3) is 0 Å². The summed E-state index contributed by atoms with van der Waals surface area (Å²) in [6.45, 7) is 21.4. The molecule has 0 N–H and O–H groups in total. The van der Waals surface area contributed by atoms with Gasteiger partial charge in [0.15, 0.2) is 0 Å². The molecule has 0 aliphatic carbocycles. The van der Waals surface area contributed by atoms with Crippen LogP contribution in [0.25, 0.3) is 0 Å². The molecule has 0 aliphatic heterocycles. The lowest BCUT2D eigenvalue weighted by Crippen LogP contribution is -2.23. The molecule has 0 atom stereocenters. The Morgan fingerprint density at radius 2 is 0.206 bits per heavy atom. The van der Waals surface area contributed by atoms with Crippen LogP contribution in [0, 0.1) is 0 Å². The molecule has 0 amide bonds. The average molecular weight is 1450 g/mol. The van der Waals surface area contributed by atoms with E-state index in [4.69, 9.17) is 11.9 Å². The van der Waals surface area contributed by atoms with Crippen molar-refractivity contribution in [1.29, 1.82) is 0 Å². The van der Waals surface area contributed by atoms with E-state index < -0.39 is 39.5 Å². The molecule has 0 heterocycles. The van der Waals surface area contributed by atoms with E-state index in [1.807, 2.05) is 0 Å². The van der Waals surface area contributed by atoms with Gasteiger partial charge in [0.2, 0.25) is 0 Å². The van der Waals surface area contributed by atoms with Gasteiger partial charge in [-0.15, -0.1) is 30.9 Å². The van der Waals surface area contributed by atoms with Crippen LogP contribution < -0.4 is 0 Å². The Kier molecular flexibility index (Phi) is 81.0. The lowest BCUT2D eigenvalue weighted by atomic mass is 10.1. The highest BCUT2D eigenvalue weighted by atomic mass is 32.3. The molecule has 0 aromatic heterocycles. The van der Waals surface area contributed by atoms with E-state index in [9.17, 15) is 0 Å². The van der Waals surface area contributed by atoms with Crippen LogP contribution in [0.5, 0.6) is 0 Å². The summed E-state index contributed by atoms with van der Waals surface area (Å²) in [6.07, 6.45) is 100. The van der Waals surface area contributed by atoms with Crippen LogP contribution in [0.3, 0.4) is 0 Å². The average Bonchev–Trinajstić information content (AvgIpc) is 0.837. The molecule has 0 unspecified atom stereocenters. The second-order valence-corrected chi connectivity index (χ2v) is 43.7. The molecule has 97 heavy (non-hydrogen) atoms. The van der Waals surface area contributed by atoms with E-state index in [1.54, 1.807) is 0 Å². The summed E-state index contributed by atoms with van der Waals surface area (Å²) in [5.41, 5.74) is 0. The van der Waals surface area contributed by atoms with Crippen molar-refractivity contribution in [2.24, 2.45) is 0 Å². The molecule has 0 rings (SSSR count). The molecule has 590 valence electrons. The summed E-state index contributed by atoms with van der Waals surface area (Å²) in [5.74, 6) is 11.7. The minimum atomic E-state index is -1.52. The van der Waals surface area contributed by atoms with Gasteiger partial charge < -0.3 is 0 Å². The van der Waals surface area contributed by atoms with Crippen molar-refractivity contribution in [1.82, 2.24) is 0 Å². The Morgan fingerprint density at radius 1 is 0.124 bits per heavy atom. The largest absolute Gasteiger partial charge is 0.364 e. The van der Waals surface area contributed by atoms with Crippen LogP contribution in [0.4, 0.5) is 0 Å². The van der Waals surface area contributed by atoms with E-state index in [2.05, 4.69) is 62.3 Å². The van der Waals surface area contributed by atoms with E-state index in [0.29, 0.717) is 0 Å². The van der Waals surface area contributed by atoms with Gasteiger partial charge in [-0.2, -0.15) is 0 Å². The Balaban J connectivity index is 8.58. The van der Waals surface area contributed by atoms with Crippen molar-refractivity contribution in [2.45, 2.75) is 525 Å². The molecule has 0 spiro atoms. The fourth-order valence-electron chi connectivity index (χ4n) is 15.2. The van der Waals surface area contributed by atoms with Crippen LogP contribution in [-0.4, -0.2) is 51.8 Å². The van der Waals surface area contributed by atoms with Crippen LogP contribution in [-0.2, 0) is 11.9 Å². The summed E-state index contributed by atoms with van der Waals surface area (Å²) >= 11 is 0. The third kappa shape index (κ3) is 66.5. The highest BCUT2D eigenvalue weighted by Crippen LogP contribution is 2.74. The van der Waals surface area contributed by atoms with Gasteiger partial charge in [-0.1, -0.05) is 467 Å². The summed E-state index contributed by atoms with van der Waals surface area (Å²) in [4.78, 5) is 0. The first kappa shape index (κ1) is 98.4. The number of rotatable bonds is 87. The van der Waals surface area contributed by atoms with Crippen molar-refractivity contribution in [3.63, 3.8) is 0 Å². The van der Waals surface area contributed by atoms with Gasteiger partial charge in [-0.05, 0) is 110 Å². The Hall–Kier alpha value is 1.36. The summed E-state index contributed by atoms with van der Waals surface area (Å²) < 4.78 is 26.3. The first-order valence-corrected chi connectivity index (χ1v) is 53.3. The first-order valence-electron chi connectivity index (χ1n) is 46.0. The van der Waals surface area contributed by atoms with Crippen molar-refractivity contribution in [3.05, 3.63) is 0 Å².